The van der Waals surface area contributed by atoms with Gasteiger partial charge in [-0.05, 0) is 32.5 Å². The van der Waals surface area contributed by atoms with Gasteiger partial charge < -0.3 is 10.2 Å². The number of benzene rings is 1. The Morgan fingerprint density at radius 2 is 1.90 bits per heavy atom. The van der Waals surface area contributed by atoms with E-state index in [1.165, 1.54) is 0 Å². The molecule has 0 aromatic heterocycles. The SMILES string of the molecule is CNCC(C)S(=O)(=O)NCCCN(C)c1ccccc1. The summed E-state index contributed by atoms with van der Waals surface area (Å²) >= 11 is 0. The molecule has 114 valence electrons. The van der Waals surface area contributed by atoms with Crippen molar-refractivity contribution in [3.8, 4) is 0 Å². The molecule has 0 fully saturated rings. The number of sulfonamides is 1. The number of nitrogens with one attached hydrogen (secondary N) is 2. The number of hydrogen-bond donors (Lipinski definition) is 2. The van der Waals surface area contributed by atoms with E-state index in [1.54, 1.807) is 14.0 Å². The molecule has 1 atom stereocenters. The quantitative estimate of drug-likeness (QED) is 0.669. The third-order valence-corrected chi connectivity index (χ3v) is 5.02. The second kappa shape index (κ2) is 8.24. The Balaban J connectivity index is 2.31. The van der Waals surface area contributed by atoms with Crippen LogP contribution in [0.25, 0.3) is 0 Å². The van der Waals surface area contributed by atoms with Gasteiger partial charge in [-0.2, -0.15) is 0 Å². The fraction of sp³-hybridized carbons (Fsp3) is 0.571. The summed E-state index contributed by atoms with van der Waals surface area (Å²) in [6.45, 7) is 3.44. The van der Waals surface area contributed by atoms with Crippen LogP contribution >= 0.6 is 0 Å². The summed E-state index contributed by atoms with van der Waals surface area (Å²) in [6, 6.07) is 10.1. The first-order valence-electron chi connectivity index (χ1n) is 6.86. The normalized spacial score (nSPS) is 13.2. The van der Waals surface area contributed by atoms with E-state index in [0.29, 0.717) is 13.1 Å². The maximum Gasteiger partial charge on any atom is 0.215 e. The van der Waals surface area contributed by atoms with Gasteiger partial charge >= 0.3 is 0 Å². The van der Waals surface area contributed by atoms with Gasteiger partial charge in [0, 0.05) is 32.4 Å². The highest BCUT2D eigenvalue weighted by atomic mass is 32.2. The first kappa shape index (κ1) is 16.9. The molecule has 0 saturated heterocycles. The Morgan fingerprint density at radius 3 is 2.50 bits per heavy atom. The molecule has 1 rings (SSSR count). The fourth-order valence-corrected chi connectivity index (χ4v) is 2.98. The minimum absolute atomic E-state index is 0.417. The largest absolute Gasteiger partial charge is 0.375 e. The van der Waals surface area contributed by atoms with Gasteiger partial charge in [0.1, 0.15) is 0 Å². The van der Waals surface area contributed by atoms with E-state index in [4.69, 9.17) is 0 Å². The van der Waals surface area contributed by atoms with Gasteiger partial charge in [0.2, 0.25) is 10.0 Å². The van der Waals surface area contributed by atoms with E-state index >= 15 is 0 Å². The Morgan fingerprint density at radius 1 is 1.25 bits per heavy atom. The minimum Gasteiger partial charge on any atom is -0.375 e. The zero-order chi connectivity index (χ0) is 15.0. The summed E-state index contributed by atoms with van der Waals surface area (Å²) in [5.74, 6) is 0. The number of para-hydroxylation sites is 1. The van der Waals surface area contributed by atoms with Crippen molar-refractivity contribution >= 4 is 15.7 Å². The zero-order valence-corrected chi connectivity index (χ0v) is 13.3. The van der Waals surface area contributed by atoms with Crippen molar-refractivity contribution in [2.24, 2.45) is 0 Å². The summed E-state index contributed by atoms with van der Waals surface area (Å²) in [4.78, 5) is 2.12. The molecule has 1 aromatic carbocycles. The second-order valence-corrected chi connectivity index (χ2v) is 7.10. The molecule has 0 bridgehead atoms. The maximum atomic E-state index is 11.9. The number of hydrogen-bond acceptors (Lipinski definition) is 4. The van der Waals surface area contributed by atoms with Gasteiger partial charge in [-0.25, -0.2) is 13.1 Å². The third kappa shape index (κ3) is 5.48. The molecular formula is C14H25N3O2S. The van der Waals surface area contributed by atoms with Crippen LogP contribution in [-0.4, -0.2) is 47.4 Å². The molecular weight excluding hydrogens is 274 g/mol. The third-order valence-electron chi connectivity index (χ3n) is 3.19. The monoisotopic (exact) mass is 299 g/mol. The highest BCUT2D eigenvalue weighted by Gasteiger charge is 2.18. The lowest BCUT2D eigenvalue weighted by atomic mass is 10.3. The predicted molar refractivity (Wildman–Crippen MR) is 84.6 cm³/mol. The highest BCUT2D eigenvalue weighted by Crippen LogP contribution is 2.10. The lowest BCUT2D eigenvalue weighted by Crippen LogP contribution is -2.39. The van der Waals surface area contributed by atoms with Crippen molar-refractivity contribution in [2.45, 2.75) is 18.6 Å². The molecule has 6 heteroatoms. The Labute approximate surface area is 122 Å². The van der Waals surface area contributed by atoms with Crippen molar-refractivity contribution in [2.75, 3.05) is 38.6 Å². The molecule has 0 amide bonds. The molecule has 0 aliphatic rings. The van der Waals surface area contributed by atoms with Crippen LogP contribution in [0.1, 0.15) is 13.3 Å². The van der Waals surface area contributed by atoms with Crippen LogP contribution in [0.15, 0.2) is 30.3 Å². The summed E-state index contributed by atoms with van der Waals surface area (Å²) < 4.78 is 26.4. The van der Waals surface area contributed by atoms with E-state index in [9.17, 15) is 8.42 Å². The van der Waals surface area contributed by atoms with E-state index in [-0.39, 0.29) is 0 Å². The Hall–Kier alpha value is -1.11. The molecule has 0 spiro atoms. The molecule has 0 aliphatic carbocycles. The molecule has 0 radical (unpaired) electrons. The fourth-order valence-electron chi connectivity index (χ4n) is 1.88. The molecule has 5 nitrogen and oxygen atoms in total. The van der Waals surface area contributed by atoms with Crippen LogP contribution in [0.2, 0.25) is 0 Å². The number of rotatable bonds is 9. The first-order valence-corrected chi connectivity index (χ1v) is 8.41. The van der Waals surface area contributed by atoms with Gasteiger partial charge in [0.05, 0.1) is 5.25 Å². The average Bonchev–Trinajstić information content (AvgIpc) is 2.44. The van der Waals surface area contributed by atoms with E-state index in [0.717, 1.165) is 18.7 Å². The average molecular weight is 299 g/mol. The molecule has 0 saturated carbocycles. The molecule has 20 heavy (non-hydrogen) atoms. The highest BCUT2D eigenvalue weighted by molar-refractivity contribution is 7.90. The van der Waals surface area contributed by atoms with Crippen LogP contribution in [0.5, 0.6) is 0 Å². The van der Waals surface area contributed by atoms with Crippen LogP contribution < -0.4 is 14.9 Å². The van der Waals surface area contributed by atoms with Crippen LogP contribution in [0.4, 0.5) is 5.69 Å². The summed E-state index contributed by atoms with van der Waals surface area (Å²) in [6.07, 6.45) is 0.775. The lowest BCUT2D eigenvalue weighted by Gasteiger charge is -2.19. The van der Waals surface area contributed by atoms with Crippen molar-refractivity contribution in [3.63, 3.8) is 0 Å². The van der Waals surface area contributed by atoms with Crippen molar-refractivity contribution < 1.29 is 8.42 Å². The summed E-state index contributed by atoms with van der Waals surface area (Å²) in [5.41, 5.74) is 1.14. The zero-order valence-electron chi connectivity index (χ0n) is 12.5. The Bertz CT molecular complexity index is 476. The number of anilines is 1. The summed E-state index contributed by atoms with van der Waals surface area (Å²) in [5, 5.41) is 2.46. The van der Waals surface area contributed by atoms with Crippen LogP contribution in [0.3, 0.4) is 0 Å². The van der Waals surface area contributed by atoms with Crippen LogP contribution in [-0.2, 0) is 10.0 Å². The molecule has 1 unspecified atom stereocenters. The van der Waals surface area contributed by atoms with Crippen molar-refractivity contribution in [1.29, 1.82) is 0 Å². The molecule has 1 aromatic rings. The topological polar surface area (TPSA) is 61.4 Å². The van der Waals surface area contributed by atoms with E-state index in [1.807, 2.05) is 37.4 Å². The maximum absolute atomic E-state index is 11.9. The van der Waals surface area contributed by atoms with Gasteiger partial charge in [-0.3, -0.25) is 0 Å². The molecule has 0 aliphatic heterocycles. The second-order valence-electron chi connectivity index (χ2n) is 4.92. The van der Waals surface area contributed by atoms with Gasteiger partial charge in [0.25, 0.3) is 0 Å². The predicted octanol–water partition coefficient (Wildman–Crippen LogP) is 1.04. The summed E-state index contributed by atoms with van der Waals surface area (Å²) in [7, 11) is 0.542. The lowest BCUT2D eigenvalue weighted by molar-refractivity contribution is 0.561. The molecule has 0 heterocycles. The van der Waals surface area contributed by atoms with E-state index < -0.39 is 15.3 Å². The van der Waals surface area contributed by atoms with E-state index in [2.05, 4.69) is 14.9 Å². The first-order chi connectivity index (χ1) is 9.47. The number of nitrogens with zero attached hydrogens (tertiary/aromatic N) is 1. The Kier molecular flexibility index (Phi) is 6.98. The molecule has 2 N–H and O–H groups in total. The van der Waals surface area contributed by atoms with Crippen molar-refractivity contribution in [1.82, 2.24) is 10.0 Å². The minimum atomic E-state index is -3.22. The van der Waals surface area contributed by atoms with Gasteiger partial charge in [-0.15, -0.1) is 0 Å². The van der Waals surface area contributed by atoms with Crippen molar-refractivity contribution in [3.05, 3.63) is 30.3 Å². The van der Waals surface area contributed by atoms with Gasteiger partial charge in [0.15, 0.2) is 0 Å². The van der Waals surface area contributed by atoms with Gasteiger partial charge in [-0.1, -0.05) is 18.2 Å². The smallest absolute Gasteiger partial charge is 0.215 e. The standard InChI is InChI=1S/C14H25N3O2S/c1-13(12-15-2)20(18,19)16-10-7-11-17(3)14-8-5-4-6-9-14/h4-6,8-9,13,15-16H,7,10-12H2,1-3H3. The van der Waals surface area contributed by atoms with Crippen LogP contribution in [0, 0.1) is 0 Å².